The van der Waals surface area contributed by atoms with E-state index in [1.165, 1.54) is 13.2 Å². The third-order valence-corrected chi connectivity index (χ3v) is 2.18. The second-order valence-electron chi connectivity index (χ2n) is 3.20. The van der Waals surface area contributed by atoms with Crippen molar-refractivity contribution >= 4 is 5.97 Å². The monoisotopic (exact) mass is 237 g/mol. The maximum atomic E-state index is 13.5. The highest BCUT2D eigenvalue weighted by molar-refractivity contribution is 5.74. The minimum Gasteiger partial charge on any atom is -0.495 e. The molecule has 0 spiro atoms. The number of halogens is 1. The second-order valence-corrected chi connectivity index (χ2v) is 3.20. The average molecular weight is 237 g/mol. The molecule has 0 fully saturated rings. The number of carbonyl (C=O) groups excluding carboxylic acids is 1. The molecule has 1 aromatic rings. The fourth-order valence-corrected chi connectivity index (χ4v) is 1.42. The third kappa shape index (κ3) is 2.94. The van der Waals surface area contributed by atoms with Gasteiger partial charge in [0.25, 0.3) is 0 Å². The van der Waals surface area contributed by atoms with Crippen LogP contribution < -0.4 is 4.74 Å². The van der Waals surface area contributed by atoms with Gasteiger partial charge in [-0.3, -0.25) is 4.79 Å². The van der Waals surface area contributed by atoms with Gasteiger partial charge in [-0.1, -0.05) is 0 Å². The molecule has 0 radical (unpaired) electrons. The zero-order valence-electron chi connectivity index (χ0n) is 9.62. The molecule has 90 valence electrons. The fourth-order valence-electron chi connectivity index (χ4n) is 1.42. The summed E-state index contributed by atoms with van der Waals surface area (Å²) >= 11 is 0. The Hall–Kier alpha value is -2.09. The highest BCUT2D eigenvalue weighted by Crippen LogP contribution is 2.24. The first kappa shape index (κ1) is 13.0. The SMILES string of the molecule is CCOC(=O)Cc1c(F)ccc(OC)c1C#N. The molecule has 0 aliphatic carbocycles. The molecule has 0 saturated heterocycles. The highest BCUT2D eigenvalue weighted by Gasteiger charge is 2.17. The maximum Gasteiger partial charge on any atom is 0.310 e. The van der Waals surface area contributed by atoms with Crippen LogP contribution in [0.15, 0.2) is 12.1 Å². The van der Waals surface area contributed by atoms with E-state index >= 15 is 0 Å². The van der Waals surface area contributed by atoms with E-state index in [1.54, 1.807) is 6.92 Å². The van der Waals surface area contributed by atoms with E-state index in [-0.39, 0.29) is 29.9 Å². The minimum absolute atomic E-state index is 0.00491. The van der Waals surface area contributed by atoms with E-state index < -0.39 is 11.8 Å². The quantitative estimate of drug-likeness (QED) is 0.749. The molecular weight excluding hydrogens is 225 g/mol. The number of methoxy groups -OCH3 is 1. The molecule has 0 heterocycles. The molecule has 1 aromatic carbocycles. The number of hydrogen-bond acceptors (Lipinski definition) is 4. The summed E-state index contributed by atoms with van der Waals surface area (Å²) in [5.74, 6) is -0.945. The van der Waals surface area contributed by atoms with Crippen molar-refractivity contribution in [1.29, 1.82) is 5.26 Å². The Labute approximate surface area is 98.6 Å². The Morgan fingerprint density at radius 1 is 1.53 bits per heavy atom. The van der Waals surface area contributed by atoms with E-state index in [1.807, 2.05) is 6.07 Å². The lowest BCUT2D eigenvalue weighted by Gasteiger charge is -2.09. The Kier molecular flexibility index (Phi) is 4.46. The van der Waals surface area contributed by atoms with Gasteiger partial charge in [-0.15, -0.1) is 0 Å². The van der Waals surface area contributed by atoms with Gasteiger partial charge in [0.05, 0.1) is 20.1 Å². The minimum atomic E-state index is -0.615. The van der Waals surface area contributed by atoms with Gasteiger partial charge in [-0.2, -0.15) is 5.26 Å². The van der Waals surface area contributed by atoms with Crippen LogP contribution in [-0.2, 0) is 16.0 Å². The molecule has 5 heteroatoms. The topological polar surface area (TPSA) is 59.3 Å². The van der Waals surface area contributed by atoms with Crippen LogP contribution in [0.2, 0.25) is 0 Å². The van der Waals surface area contributed by atoms with Crippen LogP contribution in [0.1, 0.15) is 18.1 Å². The van der Waals surface area contributed by atoms with Gasteiger partial charge in [0.15, 0.2) is 0 Å². The van der Waals surface area contributed by atoms with Gasteiger partial charge in [0.2, 0.25) is 0 Å². The van der Waals surface area contributed by atoms with Crippen LogP contribution in [0.4, 0.5) is 4.39 Å². The van der Waals surface area contributed by atoms with Gasteiger partial charge >= 0.3 is 5.97 Å². The first-order valence-corrected chi connectivity index (χ1v) is 5.05. The van der Waals surface area contributed by atoms with Crippen LogP contribution in [0.25, 0.3) is 0 Å². The second kappa shape index (κ2) is 5.85. The number of carbonyl (C=O) groups is 1. The Morgan fingerprint density at radius 2 is 2.24 bits per heavy atom. The van der Waals surface area contributed by atoms with Crippen molar-refractivity contribution in [3.8, 4) is 11.8 Å². The number of hydrogen-bond donors (Lipinski definition) is 0. The fraction of sp³-hybridized carbons (Fsp3) is 0.333. The van der Waals surface area contributed by atoms with E-state index in [0.29, 0.717) is 0 Å². The Bertz CT molecular complexity index is 466. The van der Waals surface area contributed by atoms with E-state index in [9.17, 15) is 9.18 Å². The zero-order chi connectivity index (χ0) is 12.8. The van der Waals surface area contributed by atoms with Crippen molar-refractivity contribution in [3.63, 3.8) is 0 Å². The van der Waals surface area contributed by atoms with Crippen LogP contribution in [0.5, 0.6) is 5.75 Å². The van der Waals surface area contributed by atoms with Gasteiger partial charge in [-0.25, -0.2) is 4.39 Å². The normalized spacial score (nSPS) is 9.53. The van der Waals surface area contributed by atoms with E-state index in [2.05, 4.69) is 0 Å². The molecule has 4 nitrogen and oxygen atoms in total. The average Bonchev–Trinajstić information content (AvgIpc) is 2.31. The van der Waals surface area contributed by atoms with Gasteiger partial charge in [0.1, 0.15) is 23.2 Å². The van der Waals surface area contributed by atoms with Crippen LogP contribution in [0, 0.1) is 17.1 Å². The number of ether oxygens (including phenoxy) is 2. The van der Waals surface area contributed by atoms with Crippen molar-refractivity contribution in [2.75, 3.05) is 13.7 Å². The molecule has 0 aliphatic heterocycles. The molecule has 1 rings (SSSR count). The van der Waals surface area contributed by atoms with Crippen molar-refractivity contribution in [2.24, 2.45) is 0 Å². The summed E-state index contributed by atoms with van der Waals surface area (Å²) in [6.07, 6.45) is -0.278. The lowest BCUT2D eigenvalue weighted by atomic mass is 10.0. The van der Waals surface area contributed by atoms with Crippen LogP contribution in [-0.4, -0.2) is 19.7 Å². The lowest BCUT2D eigenvalue weighted by molar-refractivity contribution is -0.142. The summed E-state index contributed by atoms with van der Waals surface area (Å²) in [5.41, 5.74) is 0.0332. The summed E-state index contributed by atoms with van der Waals surface area (Å²) < 4.78 is 23.2. The molecule has 0 amide bonds. The largest absolute Gasteiger partial charge is 0.495 e. The molecule has 0 unspecified atom stereocenters. The predicted octanol–water partition coefficient (Wildman–Crippen LogP) is 1.81. The van der Waals surface area contributed by atoms with Gasteiger partial charge in [-0.05, 0) is 19.1 Å². The number of rotatable bonds is 4. The Balaban J connectivity index is 3.13. The van der Waals surface area contributed by atoms with E-state index in [4.69, 9.17) is 14.7 Å². The van der Waals surface area contributed by atoms with Gasteiger partial charge < -0.3 is 9.47 Å². The highest BCUT2D eigenvalue weighted by atomic mass is 19.1. The number of benzene rings is 1. The van der Waals surface area contributed by atoms with Crippen LogP contribution in [0.3, 0.4) is 0 Å². The van der Waals surface area contributed by atoms with Crippen molar-refractivity contribution in [1.82, 2.24) is 0 Å². The van der Waals surface area contributed by atoms with Crippen LogP contribution >= 0.6 is 0 Å². The smallest absolute Gasteiger partial charge is 0.310 e. The third-order valence-electron chi connectivity index (χ3n) is 2.18. The standard InChI is InChI=1S/C12H12FNO3/c1-3-17-12(15)6-8-9(7-14)11(16-2)5-4-10(8)13/h4-5H,3,6H2,1-2H3. The molecular formula is C12H12FNO3. The summed E-state index contributed by atoms with van der Waals surface area (Å²) in [5, 5.41) is 8.95. The molecule has 0 N–H and O–H groups in total. The summed E-state index contributed by atoms with van der Waals surface area (Å²) in [6.45, 7) is 1.87. The lowest BCUT2D eigenvalue weighted by Crippen LogP contribution is -2.11. The van der Waals surface area contributed by atoms with Crippen molar-refractivity contribution in [3.05, 3.63) is 29.1 Å². The summed E-state index contributed by atoms with van der Waals surface area (Å²) in [7, 11) is 1.38. The first-order chi connectivity index (χ1) is 8.13. The number of nitriles is 1. The number of nitrogens with zero attached hydrogens (tertiary/aromatic N) is 1. The molecule has 17 heavy (non-hydrogen) atoms. The molecule has 0 bridgehead atoms. The van der Waals surface area contributed by atoms with Crippen molar-refractivity contribution < 1.29 is 18.7 Å². The zero-order valence-corrected chi connectivity index (χ0v) is 9.62. The predicted molar refractivity (Wildman–Crippen MR) is 58.0 cm³/mol. The number of esters is 1. The Morgan fingerprint density at radius 3 is 2.76 bits per heavy atom. The molecule has 0 aliphatic rings. The molecule has 0 atom stereocenters. The first-order valence-electron chi connectivity index (χ1n) is 5.05. The maximum absolute atomic E-state index is 13.5. The molecule has 0 aromatic heterocycles. The van der Waals surface area contributed by atoms with Gasteiger partial charge in [0, 0.05) is 5.56 Å². The van der Waals surface area contributed by atoms with E-state index in [0.717, 1.165) is 6.07 Å². The summed E-state index contributed by atoms with van der Waals surface area (Å²) in [4.78, 5) is 11.3. The molecule has 0 saturated carbocycles. The van der Waals surface area contributed by atoms with Crippen molar-refractivity contribution in [2.45, 2.75) is 13.3 Å². The summed E-state index contributed by atoms with van der Waals surface area (Å²) in [6, 6.07) is 4.34.